The molecule has 2 rings (SSSR count). The predicted octanol–water partition coefficient (Wildman–Crippen LogP) is 3.18. The summed E-state index contributed by atoms with van der Waals surface area (Å²) < 4.78 is 1.37. The van der Waals surface area contributed by atoms with Gasteiger partial charge in [-0.15, -0.1) is 0 Å². The molecule has 0 amide bonds. The summed E-state index contributed by atoms with van der Waals surface area (Å²) in [5.74, 6) is 0. The highest BCUT2D eigenvalue weighted by Crippen LogP contribution is 2.24. The predicted molar refractivity (Wildman–Crippen MR) is 82.8 cm³/mol. The lowest BCUT2D eigenvalue weighted by Crippen LogP contribution is -2.32. The van der Waals surface area contributed by atoms with Crippen molar-refractivity contribution in [3.05, 3.63) is 27.3 Å². The molecule has 1 atom stereocenters. The van der Waals surface area contributed by atoms with Crippen molar-refractivity contribution in [1.82, 2.24) is 5.32 Å². The Kier molecular flexibility index (Phi) is 4.68. The topological polar surface area (TPSA) is 15.3 Å². The Bertz CT molecular complexity index is 378. The molecule has 17 heavy (non-hydrogen) atoms. The fraction of sp³-hybridized carbons (Fsp3) is 0.571. The van der Waals surface area contributed by atoms with Gasteiger partial charge in [0.25, 0.3) is 0 Å². The molecule has 2 nitrogen and oxygen atoms in total. The Labute approximate surface area is 118 Å². The third kappa shape index (κ3) is 3.35. The van der Waals surface area contributed by atoms with Gasteiger partial charge in [0, 0.05) is 28.4 Å². The van der Waals surface area contributed by atoms with E-state index in [4.69, 9.17) is 0 Å². The summed E-state index contributed by atoms with van der Waals surface area (Å²) in [7, 11) is 0. The number of benzene rings is 1. The summed E-state index contributed by atoms with van der Waals surface area (Å²) in [6.45, 7) is 7.87. The van der Waals surface area contributed by atoms with Crippen LogP contribution in [0.25, 0.3) is 0 Å². The van der Waals surface area contributed by atoms with Crippen LogP contribution in [0.1, 0.15) is 25.3 Å². The number of rotatable bonds is 4. The minimum atomic E-state index is 0.675. The highest BCUT2D eigenvalue weighted by molar-refractivity contribution is 14.1. The number of hydrogen-bond donors (Lipinski definition) is 1. The molecule has 1 aromatic rings. The Morgan fingerprint density at radius 3 is 3.00 bits per heavy atom. The molecule has 1 fully saturated rings. The largest absolute Gasteiger partial charge is 0.370 e. The molecule has 0 aliphatic carbocycles. The smallest absolute Gasteiger partial charge is 0.0377 e. The lowest BCUT2D eigenvalue weighted by Gasteiger charge is -2.19. The molecular formula is C14H21IN2. The zero-order valence-corrected chi connectivity index (χ0v) is 12.8. The third-order valence-electron chi connectivity index (χ3n) is 3.39. The van der Waals surface area contributed by atoms with Gasteiger partial charge in [0.05, 0.1) is 0 Å². The van der Waals surface area contributed by atoms with Crippen LogP contribution >= 0.6 is 22.6 Å². The Morgan fingerprint density at radius 1 is 1.47 bits per heavy atom. The molecule has 94 valence electrons. The van der Waals surface area contributed by atoms with Crippen LogP contribution in [0, 0.1) is 10.5 Å². The maximum Gasteiger partial charge on any atom is 0.0377 e. The third-order valence-corrected chi connectivity index (χ3v) is 4.55. The van der Waals surface area contributed by atoms with Gasteiger partial charge in [-0.2, -0.15) is 0 Å². The Morgan fingerprint density at radius 2 is 2.29 bits per heavy atom. The van der Waals surface area contributed by atoms with Crippen molar-refractivity contribution in [1.29, 1.82) is 0 Å². The van der Waals surface area contributed by atoms with E-state index in [0.717, 1.165) is 13.1 Å². The van der Waals surface area contributed by atoms with Gasteiger partial charge >= 0.3 is 0 Å². The average Bonchev–Trinajstić information content (AvgIpc) is 2.79. The van der Waals surface area contributed by atoms with E-state index in [1.807, 2.05) is 0 Å². The Hall–Kier alpha value is -0.290. The number of halogens is 1. The van der Waals surface area contributed by atoms with E-state index in [2.05, 4.69) is 64.9 Å². The Balaban J connectivity index is 1.97. The second-order valence-electron chi connectivity index (χ2n) is 4.82. The van der Waals surface area contributed by atoms with Crippen molar-refractivity contribution in [3.8, 4) is 0 Å². The zero-order chi connectivity index (χ0) is 12.3. The summed E-state index contributed by atoms with van der Waals surface area (Å²) in [5.41, 5.74) is 2.75. The van der Waals surface area contributed by atoms with Crippen molar-refractivity contribution >= 4 is 28.3 Å². The van der Waals surface area contributed by atoms with Crippen LogP contribution in [0.4, 0.5) is 5.69 Å². The monoisotopic (exact) mass is 344 g/mol. The standard InChI is InChI=1S/C14H21IN2/c1-3-7-16-12-6-8-17(10-12)13-5-4-11(2)14(15)9-13/h4-5,9,12,16H,3,6-8,10H2,1-2H3. The first-order valence-corrected chi connectivity index (χ1v) is 7.53. The SMILES string of the molecule is CCCNC1CCN(c2ccc(C)c(I)c2)C1. The van der Waals surface area contributed by atoms with Gasteiger partial charge in [-0.25, -0.2) is 0 Å². The molecule has 1 heterocycles. The summed E-state index contributed by atoms with van der Waals surface area (Å²) >= 11 is 2.42. The van der Waals surface area contributed by atoms with Gasteiger partial charge in [0.2, 0.25) is 0 Å². The van der Waals surface area contributed by atoms with Crippen LogP contribution in [-0.2, 0) is 0 Å². The van der Waals surface area contributed by atoms with Gasteiger partial charge in [-0.3, -0.25) is 0 Å². The van der Waals surface area contributed by atoms with Crippen molar-refractivity contribution in [2.45, 2.75) is 32.7 Å². The van der Waals surface area contributed by atoms with E-state index >= 15 is 0 Å². The van der Waals surface area contributed by atoms with Crippen molar-refractivity contribution in [2.24, 2.45) is 0 Å². The van der Waals surface area contributed by atoms with E-state index in [0.29, 0.717) is 6.04 Å². The molecular weight excluding hydrogens is 323 g/mol. The second kappa shape index (κ2) is 6.05. The lowest BCUT2D eigenvalue weighted by atomic mass is 10.2. The number of aryl methyl sites for hydroxylation is 1. The molecule has 1 aliphatic heterocycles. The van der Waals surface area contributed by atoms with Crippen molar-refractivity contribution in [2.75, 3.05) is 24.5 Å². The fourth-order valence-electron chi connectivity index (χ4n) is 2.29. The van der Waals surface area contributed by atoms with Gasteiger partial charge in [-0.1, -0.05) is 13.0 Å². The average molecular weight is 344 g/mol. The van der Waals surface area contributed by atoms with Crippen molar-refractivity contribution < 1.29 is 0 Å². The van der Waals surface area contributed by atoms with Gasteiger partial charge < -0.3 is 10.2 Å². The van der Waals surface area contributed by atoms with E-state index in [1.54, 1.807) is 0 Å². The van der Waals surface area contributed by atoms with Gasteiger partial charge in [0.15, 0.2) is 0 Å². The molecule has 1 unspecified atom stereocenters. The number of hydrogen-bond acceptors (Lipinski definition) is 2. The minimum Gasteiger partial charge on any atom is -0.370 e. The molecule has 0 aromatic heterocycles. The molecule has 0 saturated carbocycles. The highest BCUT2D eigenvalue weighted by atomic mass is 127. The van der Waals surface area contributed by atoms with Gasteiger partial charge in [0.1, 0.15) is 0 Å². The lowest BCUT2D eigenvalue weighted by molar-refractivity contribution is 0.549. The quantitative estimate of drug-likeness (QED) is 0.844. The van der Waals surface area contributed by atoms with Crippen LogP contribution in [0.15, 0.2) is 18.2 Å². The normalized spacial score (nSPS) is 19.9. The number of nitrogens with one attached hydrogen (secondary N) is 1. The molecule has 3 heteroatoms. The first kappa shape index (κ1) is 13.1. The van der Waals surface area contributed by atoms with Crippen LogP contribution < -0.4 is 10.2 Å². The van der Waals surface area contributed by atoms with Gasteiger partial charge in [-0.05, 0) is 66.6 Å². The second-order valence-corrected chi connectivity index (χ2v) is 5.98. The molecule has 0 spiro atoms. The molecule has 1 aliphatic rings. The summed E-state index contributed by atoms with van der Waals surface area (Å²) in [4.78, 5) is 2.49. The van der Waals surface area contributed by atoms with Crippen molar-refractivity contribution in [3.63, 3.8) is 0 Å². The molecule has 1 N–H and O–H groups in total. The molecule has 0 bridgehead atoms. The summed E-state index contributed by atoms with van der Waals surface area (Å²) in [5, 5.41) is 3.61. The van der Waals surface area contributed by atoms with E-state index in [-0.39, 0.29) is 0 Å². The molecule has 0 radical (unpaired) electrons. The summed E-state index contributed by atoms with van der Waals surface area (Å²) in [6.07, 6.45) is 2.49. The van der Waals surface area contributed by atoms with Crippen LogP contribution in [0.2, 0.25) is 0 Å². The maximum atomic E-state index is 3.61. The highest BCUT2D eigenvalue weighted by Gasteiger charge is 2.21. The maximum absolute atomic E-state index is 3.61. The number of anilines is 1. The van der Waals surface area contributed by atoms with E-state index in [9.17, 15) is 0 Å². The molecule has 1 saturated heterocycles. The van der Waals surface area contributed by atoms with E-state index in [1.165, 1.54) is 34.2 Å². The minimum absolute atomic E-state index is 0.675. The van der Waals surface area contributed by atoms with Crippen LogP contribution in [0.5, 0.6) is 0 Å². The first-order chi connectivity index (χ1) is 8.20. The fourth-order valence-corrected chi connectivity index (χ4v) is 2.79. The van der Waals surface area contributed by atoms with E-state index < -0.39 is 0 Å². The molecule has 1 aromatic carbocycles. The zero-order valence-electron chi connectivity index (χ0n) is 10.7. The number of nitrogens with zero attached hydrogens (tertiary/aromatic N) is 1. The summed E-state index contributed by atoms with van der Waals surface area (Å²) in [6, 6.07) is 7.45. The first-order valence-electron chi connectivity index (χ1n) is 6.45. The van der Waals surface area contributed by atoms with Crippen LogP contribution in [0.3, 0.4) is 0 Å². The van der Waals surface area contributed by atoms with Crippen LogP contribution in [-0.4, -0.2) is 25.7 Å².